The summed E-state index contributed by atoms with van der Waals surface area (Å²) in [6.07, 6.45) is 1.64. The van der Waals surface area contributed by atoms with Gasteiger partial charge in [0.25, 0.3) is 0 Å². The Balaban J connectivity index is 2.17. The van der Waals surface area contributed by atoms with Gasteiger partial charge in [0.1, 0.15) is 0 Å². The minimum atomic E-state index is -3.35. The van der Waals surface area contributed by atoms with Crippen molar-refractivity contribution in [2.45, 2.75) is 38.0 Å². The van der Waals surface area contributed by atoms with Gasteiger partial charge in [0.15, 0.2) is 0 Å². The van der Waals surface area contributed by atoms with Crippen molar-refractivity contribution in [2.24, 2.45) is 5.14 Å². The van der Waals surface area contributed by atoms with E-state index in [4.69, 9.17) is 14.6 Å². The molecule has 17 heavy (non-hydrogen) atoms. The number of primary sulfonamides is 1. The molecule has 7 heteroatoms. The number of nitrogens with one attached hydrogen (secondary N) is 1. The molecule has 1 aliphatic carbocycles. The lowest BCUT2D eigenvalue weighted by Crippen LogP contribution is -2.60. The van der Waals surface area contributed by atoms with Crippen molar-refractivity contribution in [3.8, 4) is 0 Å². The Hall–Kier alpha value is -0.210. The van der Waals surface area contributed by atoms with Crippen LogP contribution in [0.15, 0.2) is 0 Å². The van der Waals surface area contributed by atoms with E-state index >= 15 is 0 Å². The first kappa shape index (κ1) is 14.8. The van der Waals surface area contributed by atoms with Crippen molar-refractivity contribution in [1.29, 1.82) is 0 Å². The lowest BCUT2D eigenvalue weighted by Gasteiger charge is -2.43. The summed E-state index contributed by atoms with van der Waals surface area (Å²) in [6.45, 7) is 3.27. The summed E-state index contributed by atoms with van der Waals surface area (Å²) >= 11 is 0. The molecule has 0 aromatic rings. The van der Waals surface area contributed by atoms with Gasteiger partial charge in [0.05, 0.1) is 18.0 Å². The van der Waals surface area contributed by atoms with E-state index in [1.807, 2.05) is 6.92 Å². The summed E-state index contributed by atoms with van der Waals surface area (Å²) in [5.74, 6) is 0.0132. The van der Waals surface area contributed by atoms with Crippen molar-refractivity contribution in [3.63, 3.8) is 0 Å². The zero-order valence-electron chi connectivity index (χ0n) is 10.4. The second-order valence-corrected chi connectivity index (χ2v) is 5.94. The molecule has 0 saturated heterocycles. The molecule has 6 nitrogen and oxygen atoms in total. The SMILES string of the molecule is CCOC1CC(NCCCS(N)(=O)=O)C1OC. The van der Waals surface area contributed by atoms with Crippen LogP contribution in [-0.4, -0.2) is 52.7 Å². The van der Waals surface area contributed by atoms with Gasteiger partial charge in [-0.15, -0.1) is 0 Å². The maximum absolute atomic E-state index is 10.7. The lowest BCUT2D eigenvalue weighted by atomic mass is 9.85. The van der Waals surface area contributed by atoms with Crippen LogP contribution in [0.4, 0.5) is 0 Å². The normalized spacial score (nSPS) is 29.0. The number of hydrogen-bond donors (Lipinski definition) is 2. The third kappa shape index (κ3) is 4.89. The third-order valence-electron chi connectivity index (χ3n) is 2.91. The van der Waals surface area contributed by atoms with E-state index in [2.05, 4.69) is 5.32 Å². The predicted molar refractivity (Wildman–Crippen MR) is 65.2 cm³/mol. The number of methoxy groups -OCH3 is 1. The van der Waals surface area contributed by atoms with E-state index in [-0.39, 0.29) is 24.0 Å². The Bertz CT molecular complexity index is 320. The van der Waals surface area contributed by atoms with Crippen LogP contribution in [0.1, 0.15) is 19.8 Å². The quantitative estimate of drug-likeness (QED) is 0.575. The molecule has 0 aliphatic heterocycles. The van der Waals surface area contributed by atoms with E-state index in [1.165, 1.54) is 0 Å². The monoisotopic (exact) mass is 266 g/mol. The van der Waals surface area contributed by atoms with Crippen molar-refractivity contribution < 1.29 is 17.9 Å². The average Bonchev–Trinajstić information content (AvgIpc) is 2.20. The molecule has 1 aliphatic rings. The molecule has 1 rings (SSSR count). The third-order valence-corrected chi connectivity index (χ3v) is 3.77. The van der Waals surface area contributed by atoms with Gasteiger partial charge in [-0.1, -0.05) is 0 Å². The summed E-state index contributed by atoms with van der Waals surface area (Å²) in [6, 6.07) is 0.247. The first-order valence-electron chi connectivity index (χ1n) is 5.86. The first-order valence-corrected chi connectivity index (χ1v) is 7.57. The average molecular weight is 266 g/mol. The highest BCUT2D eigenvalue weighted by Gasteiger charge is 2.41. The molecular weight excluding hydrogens is 244 g/mol. The van der Waals surface area contributed by atoms with E-state index in [9.17, 15) is 8.42 Å². The Labute approximate surface area is 103 Å². The molecule has 0 heterocycles. The Morgan fingerprint density at radius 1 is 1.47 bits per heavy atom. The fourth-order valence-electron chi connectivity index (χ4n) is 2.04. The highest BCUT2D eigenvalue weighted by molar-refractivity contribution is 7.89. The Kier molecular flexibility index (Phi) is 5.81. The summed E-state index contributed by atoms with van der Waals surface area (Å²) in [5.41, 5.74) is 0. The largest absolute Gasteiger partial charge is 0.377 e. The zero-order chi connectivity index (χ0) is 12.9. The Morgan fingerprint density at radius 3 is 2.71 bits per heavy atom. The molecule has 0 amide bonds. The molecule has 102 valence electrons. The maximum Gasteiger partial charge on any atom is 0.209 e. The zero-order valence-corrected chi connectivity index (χ0v) is 11.2. The summed E-state index contributed by atoms with van der Waals surface area (Å²) in [5, 5.41) is 8.17. The highest BCUT2D eigenvalue weighted by Crippen LogP contribution is 2.26. The molecular formula is C10H22N2O4S. The minimum Gasteiger partial charge on any atom is -0.377 e. The fourth-order valence-corrected chi connectivity index (χ4v) is 2.58. The standard InChI is InChI=1S/C10H22N2O4S/c1-3-16-9-7-8(10(9)15-2)12-5-4-6-17(11,13)14/h8-10,12H,3-7H2,1-2H3,(H2,11,13,14). The van der Waals surface area contributed by atoms with Crippen LogP contribution in [-0.2, 0) is 19.5 Å². The molecule has 0 spiro atoms. The summed E-state index contributed by atoms with van der Waals surface area (Å²) in [4.78, 5) is 0. The topological polar surface area (TPSA) is 90.6 Å². The van der Waals surface area contributed by atoms with Gasteiger partial charge in [-0.25, -0.2) is 13.6 Å². The summed E-state index contributed by atoms with van der Waals surface area (Å²) in [7, 11) is -1.68. The number of nitrogens with two attached hydrogens (primary N) is 1. The van der Waals surface area contributed by atoms with Gasteiger partial charge < -0.3 is 14.8 Å². The van der Waals surface area contributed by atoms with Gasteiger partial charge in [-0.05, 0) is 26.3 Å². The van der Waals surface area contributed by atoms with Crippen LogP contribution >= 0.6 is 0 Å². The highest BCUT2D eigenvalue weighted by atomic mass is 32.2. The van der Waals surface area contributed by atoms with Crippen LogP contribution in [0.5, 0.6) is 0 Å². The van der Waals surface area contributed by atoms with Crippen molar-refractivity contribution in [3.05, 3.63) is 0 Å². The number of rotatable bonds is 8. The van der Waals surface area contributed by atoms with Gasteiger partial charge in [-0.2, -0.15) is 0 Å². The smallest absolute Gasteiger partial charge is 0.209 e. The number of sulfonamides is 1. The van der Waals surface area contributed by atoms with E-state index in [0.29, 0.717) is 19.6 Å². The van der Waals surface area contributed by atoms with Crippen LogP contribution in [0.25, 0.3) is 0 Å². The van der Waals surface area contributed by atoms with Crippen LogP contribution < -0.4 is 10.5 Å². The second-order valence-electron chi connectivity index (χ2n) is 4.21. The molecule has 3 N–H and O–H groups in total. The molecule has 1 saturated carbocycles. The molecule has 0 aromatic carbocycles. The molecule has 0 bridgehead atoms. The van der Waals surface area contributed by atoms with Gasteiger partial charge in [0, 0.05) is 19.8 Å². The van der Waals surface area contributed by atoms with Crippen molar-refractivity contribution in [1.82, 2.24) is 5.32 Å². The van der Waals surface area contributed by atoms with Crippen molar-refractivity contribution >= 4 is 10.0 Å². The predicted octanol–water partition coefficient (Wildman–Crippen LogP) is -0.553. The number of hydrogen-bond acceptors (Lipinski definition) is 5. The van der Waals surface area contributed by atoms with E-state index < -0.39 is 10.0 Å². The van der Waals surface area contributed by atoms with Crippen molar-refractivity contribution in [2.75, 3.05) is 26.0 Å². The number of ether oxygens (including phenoxy) is 2. The minimum absolute atomic E-state index is 0.0132. The Morgan fingerprint density at radius 2 is 2.18 bits per heavy atom. The van der Waals surface area contributed by atoms with Crippen LogP contribution in [0.3, 0.4) is 0 Å². The lowest BCUT2D eigenvalue weighted by molar-refractivity contribution is -0.131. The molecule has 1 fully saturated rings. The second kappa shape index (κ2) is 6.65. The maximum atomic E-state index is 10.7. The van der Waals surface area contributed by atoms with Gasteiger partial charge >= 0.3 is 0 Å². The van der Waals surface area contributed by atoms with Crippen LogP contribution in [0, 0.1) is 0 Å². The summed E-state index contributed by atoms with van der Waals surface area (Å²) < 4.78 is 32.3. The molecule has 0 aromatic heterocycles. The molecule has 3 unspecified atom stereocenters. The van der Waals surface area contributed by atoms with Gasteiger partial charge in [-0.3, -0.25) is 0 Å². The first-order chi connectivity index (χ1) is 7.98. The molecule has 0 radical (unpaired) electrons. The van der Waals surface area contributed by atoms with Crippen LogP contribution in [0.2, 0.25) is 0 Å². The molecule has 3 atom stereocenters. The van der Waals surface area contributed by atoms with Gasteiger partial charge in [0.2, 0.25) is 10.0 Å². The van der Waals surface area contributed by atoms with E-state index in [0.717, 1.165) is 6.42 Å². The fraction of sp³-hybridized carbons (Fsp3) is 1.00. The van der Waals surface area contributed by atoms with E-state index in [1.54, 1.807) is 7.11 Å².